The van der Waals surface area contributed by atoms with Crippen molar-refractivity contribution in [3.8, 4) is 28.0 Å². The number of hydrogen-bond donors (Lipinski definition) is 4. The fraction of sp³-hybridized carbons (Fsp3) is 0.250. The minimum atomic E-state index is -0.0187. The van der Waals surface area contributed by atoms with Crippen molar-refractivity contribution in [2.75, 3.05) is 26.9 Å². The Kier molecular flexibility index (Phi) is 7.11. The monoisotopic (exact) mass is 522 g/mol. The molecule has 3 heterocycles. The minimum Gasteiger partial charge on any atom is -0.497 e. The summed E-state index contributed by atoms with van der Waals surface area (Å²) in [6, 6.07) is 22.4. The lowest BCUT2D eigenvalue weighted by Gasteiger charge is -2.11. The molecule has 6 aromatic rings. The molecule has 7 heteroatoms. The van der Waals surface area contributed by atoms with Crippen molar-refractivity contribution in [3.63, 3.8) is 0 Å². The number of nitrogens with one attached hydrogen (secondary N) is 2. The molecule has 0 aliphatic heterocycles. The highest BCUT2D eigenvalue weighted by Gasteiger charge is 2.20. The summed E-state index contributed by atoms with van der Waals surface area (Å²) in [5.74, 6) is 0.800. The maximum absolute atomic E-state index is 9.33. The van der Waals surface area contributed by atoms with Gasteiger partial charge in [-0.15, -0.1) is 0 Å². The first kappa shape index (κ1) is 25.2. The third-order valence-corrected chi connectivity index (χ3v) is 7.29. The Labute approximate surface area is 226 Å². The Balaban J connectivity index is 1.59. The van der Waals surface area contributed by atoms with Gasteiger partial charge in [0.1, 0.15) is 5.75 Å². The molecule has 3 aromatic heterocycles. The van der Waals surface area contributed by atoms with Crippen molar-refractivity contribution < 1.29 is 19.7 Å². The van der Waals surface area contributed by atoms with Crippen molar-refractivity contribution in [1.29, 1.82) is 0 Å². The van der Waals surface area contributed by atoms with E-state index in [0.29, 0.717) is 6.61 Å². The summed E-state index contributed by atoms with van der Waals surface area (Å²) in [5, 5.41) is 21.7. The molecule has 199 valence electrons. The maximum atomic E-state index is 9.33. The van der Waals surface area contributed by atoms with Crippen molar-refractivity contribution in [2.45, 2.75) is 26.0 Å². The first-order chi connectivity index (χ1) is 19.2. The molecule has 0 saturated heterocycles. The molecule has 0 fully saturated rings. The van der Waals surface area contributed by atoms with Gasteiger partial charge >= 0.3 is 0 Å². The number of ether oxygens (including phenoxy) is 2. The number of H-pyrrole nitrogens is 2. The zero-order valence-electron chi connectivity index (χ0n) is 22.0. The molecular formula is C32H32N3O4. The Morgan fingerprint density at radius 2 is 1.77 bits per heavy atom. The van der Waals surface area contributed by atoms with Crippen LogP contribution in [0.5, 0.6) is 5.75 Å². The van der Waals surface area contributed by atoms with E-state index in [4.69, 9.17) is 14.6 Å². The normalized spacial score (nSPS) is 11.8. The Morgan fingerprint density at radius 3 is 2.62 bits per heavy atom. The van der Waals surface area contributed by atoms with Crippen LogP contribution >= 0.6 is 0 Å². The van der Waals surface area contributed by atoms with E-state index >= 15 is 0 Å². The fourth-order valence-corrected chi connectivity index (χ4v) is 5.47. The molecule has 3 aromatic carbocycles. The van der Waals surface area contributed by atoms with Gasteiger partial charge in [-0.2, -0.15) is 0 Å². The second-order valence-corrected chi connectivity index (χ2v) is 9.71. The third-order valence-electron chi connectivity index (χ3n) is 7.29. The zero-order valence-corrected chi connectivity index (χ0v) is 22.0. The summed E-state index contributed by atoms with van der Waals surface area (Å²) < 4.78 is 13.5. The third kappa shape index (κ3) is 4.69. The number of unbranched alkanes of at least 4 members (excludes halogenated alkanes) is 1. The van der Waals surface area contributed by atoms with Crippen molar-refractivity contribution >= 4 is 32.7 Å². The smallest absolute Gasteiger partial charge is 0.119 e. The van der Waals surface area contributed by atoms with E-state index in [0.717, 1.165) is 74.9 Å². The quantitative estimate of drug-likeness (QED) is 0.156. The van der Waals surface area contributed by atoms with Crippen molar-refractivity contribution in [3.05, 3.63) is 78.8 Å². The predicted octanol–water partition coefficient (Wildman–Crippen LogP) is 6.03. The molecule has 0 unspecified atom stereocenters. The molecule has 0 aliphatic carbocycles. The summed E-state index contributed by atoms with van der Waals surface area (Å²) in [7, 11) is 1.68. The van der Waals surface area contributed by atoms with E-state index in [1.54, 1.807) is 7.11 Å². The van der Waals surface area contributed by atoms with Crippen LogP contribution in [0.15, 0.2) is 67.0 Å². The number of aliphatic hydroxyl groups excluding tert-OH is 2. The van der Waals surface area contributed by atoms with Crippen LogP contribution in [-0.4, -0.2) is 51.7 Å². The molecule has 4 N–H and O–H groups in total. The SMILES string of the molecule is COc1ccc2[nH]cc(-c3c(-c4cn(CCCCO)c5ccccc45)ccc4[nH]c(COCCO)[c]c34)c2c1. The van der Waals surface area contributed by atoms with Crippen molar-refractivity contribution in [1.82, 2.24) is 14.5 Å². The molecular weight excluding hydrogens is 490 g/mol. The molecule has 0 spiro atoms. The summed E-state index contributed by atoms with van der Waals surface area (Å²) in [6.07, 6.45) is 5.98. The Bertz CT molecular complexity index is 1740. The summed E-state index contributed by atoms with van der Waals surface area (Å²) in [4.78, 5) is 6.90. The van der Waals surface area contributed by atoms with Gasteiger partial charge in [-0.25, -0.2) is 0 Å². The van der Waals surface area contributed by atoms with Gasteiger partial charge in [-0.1, -0.05) is 24.3 Å². The van der Waals surface area contributed by atoms with E-state index in [-0.39, 0.29) is 19.8 Å². The molecule has 1 radical (unpaired) electrons. The molecule has 7 nitrogen and oxygen atoms in total. The van der Waals surface area contributed by atoms with Crippen LogP contribution in [0.4, 0.5) is 0 Å². The van der Waals surface area contributed by atoms with E-state index in [1.165, 1.54) is 10.9 Å². The molecule has 0 amide bonds. The van der Waals surface area contributed by atoms with Gasteiger partial charge < -0.3 is 34.2 Å². The topological polar surface area (TPSA) is 95.4 Å². The summed E-state index contributed by atoms with van der Waals surface area (Å²) in [5.41, 5.74) is 8.42. The highest BCUT2D eigenvalue weighted by molar-refractivity contribution is 6.12. The average Bonchev–Trinajstić information content (AvgIpc) is 3.68. The number of hydrogen-bond acceptors (Lipinski definition) is 4. The molecule has 0 bridgehead atoms. The first-order valence-electron chi connectivity index (χ1n) is 13.3. The van der Waals surface area contributed by atoms with Crippen LogP contribution in [0.25, 0.3) is 55.0 Å². The van der Waals surface area contributed by atoms with Gasteiger partial charge in [-0.05, 0) is 48.7 Å². The second-order valence-electron chi connectivity index (χ2n) is 9.71. The lowest BCUT2D eigenvalue weighted by atomic mass is 9.91. The van der Waals surface area contributed by atoms with Gasteiger partial charge in [0.15, 0.2) is 0 Å². The Morgan fingerprint density at radius 1 is 0.897 bits per heavy atom. The Hall–Kier alpha value is -4.04. The highest BCUT2D eigenvalue weighted by atomic mass is 16.5. The van der Waals surface area contributed by atoms with E-state index in [2.05, 4.69) is 75.5 Å². The number of rotatable bonds is 11. The fourth-order valence-electron chi connectivity index (χ4n) is 5.47. The van der Waals surface area contributed by atoms with Gasteiger partial charge in [0.05, 0.1) is 32.6 Å². The van der Waals surface area contributed by atoms with Gasteiger partial charge in [0.2, 0.25) is 0 Å². The van der Waals surface area contributed by atoms with Crippen LogP contribution in [0.3, 0.4) is 0 Å². The molecule has 39 heavy (non-hydrogen) atoms. The van der Waals surface area contributed by atoms with Crippen molar-refractivity contribution in [2.24, 2.45) is 0 Å². The number of aliphatic hydroxyl groups is 2. The number of benzene rings is 3. The zero-order chi connectivity index (χ0) is 26.8. The molecule has 0 atom stereocenters. The molecule has 0 aliphatic rings. The van der Waals surface area contributed by atoms with Crippen LogP contribution in [-0.2, 0) is 17.9 Å². The van der Waals surface area contributed by atoms with E-state index in [1.807, 2.05) is 12.1 Å². The lowest BCUT2D eigenvalue weighted by Crippen LogP contribution is -1.99. The maximum Gasteiger partial charge on any atom is 0.119 e. The highest BCUT2D eigenvalue weighted by Crippen LogP contribution is 2.44. The number of aromatic nitrogens is 3. The van der Waals surface area contributed by atoms with E-state index < -0.39 is 0 Å². The number of para-hydroxylation sites is 1. The van der Waals surface area contributed by atoms with Crippen LogP contribution in [0, 0.1) is 6.07 Å². The predicted molar refractivity (Wildman–Crippen MR) is 155 cm³/mol. The van der Waals surface area contributed by atoms with E-state index in [9.17, 15) is 5.11 Å². The molecule has 6 rings (SSSR count). The number of nitrogens with zero attached hydrogens (tertiary/aromatic N) is 1. The lowest BCUT2D eigenvalue weighted by molar-refractivity contribution is 0.0799. The summed E-state index contributed by atoms with van der Waals surface area (Å²) in [6.45, 7) is 1.64. The average molecular weight is 523 g/mol. The second kappa shape index (κ2) is 11.0. The van der Waals surface area contributed by atoms with Crippen LogP contribution in [0.2, 0.25) is 0 Å². The first-order valence-corrected chi connectivity index (χ1v) is 13.3. The molecule has 0 saturated carbocycles. The largest absolute Gasteiger partial charge is 0.497 e. The minimum absolute atomic E-state index is 0.0187. The summed E-state index contributed by atoms with van der Waals surface area (Å²) >= 11 is 0. The number of fused-ring (bicyclic) bond motifs is 3. The number of aryl methyl sites for hydroxylation is 1. The van der Waals surface area contributed by atoms with Crippen LogP contribution in [0.1, 0.15) is 18.5 Å². The standard InChI is InChI=1S/C32H32N3O4/c1-38-22-8-10-29-25(17-22)27(18-33-29)32-24(9-11-30-26(32)16-21(34-30)20-39-15-14-37)28-19-35(12-4-5-13-36)31-7-3-2-6-23(28)31/h2-3,6-11,17-19,33-34,36-37H,4-5,12-15,20H2,1H3. The van der Waals surface area contributed by atoms with Crippen LogP contribution < -0.4 is 4.74 Å². The number of aromatic amines is 2. The van der Waals surface area contributed by atoms with Gasteiger partial charge in [-0.3, -0.25) is 0 Å². The van der Waals surface area contributed by atoms with Gasteiger partial charge in [0, 0.05) is 81.0 Å². The number of methoxy groups -OCH3 is 1. The van der Waals surface area contributed by atoms with Gasteiger partial charge in [0.25, 0.3) is 0 Å².